The number of hydrogen-bond acceptors (Lipinski definition) is 6. The first-order valence-corrected chi connectivity index (χ1v) is 12.7. The maximum atomic E-state index is 13.6. The first-order chi connectivity index (χ1) is 17.5. The number of H-pyrrole nitrogens is 1. The van der Waals surface area contributed by atoms with Gasteiger partial charge in [-0.1, -0.05) is 38.5 Å². The minimum Gasteiger partial charge on any atom is -0.297 e. The zero-order valence-electron chi connectivity index (χ0n) is 20.7. The highest BCUT2D eigenvalue weighted by Gasteiger charge is 2.32. The smallest absolute Gasteiger partial charge is 0.297 e. The fourth-order valence-electron chi connectivity index (χ4n) is 5.15. The van der Waals surface area contributed by atoms with Crippen LogP contribution in [0.3, 0.4) is 0 Å². The topological polar surface area (TPSA) is 111 Å². The summed E-state index contributed by atoms with van der Waals surface area (Å²) < 4.78 is 3.49. The Hall–Kier alpha value is -3.88. The lowest BCUT2D eigenvalue weighted by molar-refractivity contribution is -0.125. The Kier molecular flexibility index (Phi) is 6.88. The van der Waals surface area contributed by atoms with Crippen molar-refractivity contribution in [3.05, 3.63) is 70.7 Å². The predicted octanol–water partition coefficient (Wildman–Crippen LogP) is 4.21. The summed E-state index contributed by atoms with van der Waals surface area (Å²) in [6.45, 7) is 4.57. The Bertz CT molecular complexity index is 1400. The van der Waals surface area contributed by atoms with Crippen LogP contribution in [0.2, 0.25) is 0 Å². The number of imidazole rings is 1. The third kappa shape index (κ3) is 4.78. The average molecular weight is 486 g/mol. The van der Waals surface area contributed by atoms with Crippen molar-refractivity contribution in [3.63, 3.8) is 0 Å². The highest BCUT2D eigenvalue weighted by Crippen LogP contribution is 2.31. The third-order valence-electron chi connectivity index (χ3n) is 7.06. The fourth-order valence-corrected chi connectivity index (χ4v) is 5.15. The van der Waals surface area contributed by atoms with Gasteiger partial charge in [0.1, 0.15) is 0 Å². The van der Waals surface area contributed by atoms with E-state index < -0.39 is 0 Å². The number of benzene rings is 1. The normalized spacial score (nSPS) is 18.0. The number of rotatable bonds is 8. The molecular formula is C27H31N7O2. The summed E-state index contributed by atoms with van der Waals surface area (Å²) in [6.07, 6.45) is 8.90. The quantitative estimate of drug-likeness (QED) is 0.400. The minimum absolute atomic E-state index is 0.125. The molecule has 1 N–H and O–H groups in total. The van der Waals surface area contributed by atoms with E-state index in [1.165, 1.54) is 0 Å². The Morgan fingerprint density at radius 3 is 2.72 bits per heavy atom. The molecule has 1 aliphatic rings. The lowest BCUT2D eigenvalue weighted by atomic mass is 9.85. The van der Waals surface area contributed by atoms with Crippen LogP contribution >= 0.6 is 0 Å². The summed E-state index contributed by atoms with van der Waals surface area (Å²) >= 11 is 0. The number of carbonyl (C=O) groups excluding carboxylic acids is 1. The van der Waals surface area contributed by atoms with Crippen LogP contribution in [0.25, 0.3) is 22.5 Å². The van der Waals surface area contributed by atoms with Crippen molar-refractivity contribution in [2.45, 2.75) is 65.0 Å². The van der Waals surface area contributed by atoms with Crippen LogP contribution in [-0.2, 0) is 17.8 Å². The molecule has 0 radical (unpaired) electrons. The van der Waals surface area contributed by atoms with Gasteiger partial charge in [-0.2, -0.15) is 5.21 Å². The predicted molar refractivity (Wildman–Crippen MR) is 136 cm³/mol. The van der Waals surface area contributed by atoms with E-state index in [0.717, 1.165) is 60.2 Å². The van der Waals surface area contributed by atoms with Crippen molar-refractivity contribution in [1.29, 1.82) is 0 Å². The highest BCUT2D eigenvalue weighted by molar-refractivity contribution is 5.83. The summed E-state index contributed by atoms with van der Waals surface area (Å²) in [5, 5.41) is 14.3. The molecule has 2 atom stereocenters. The first-order valence-electron chi connectivity index (χ1n) is 12.7. The highest BCUT2D eigenvalue weighted by atomic mass is 16.2. The second-order valence-corrected chi connectivity index (χ2v) is 9.63. The van der Waals surface area contributed by atoms with Crippen molar-refractivity contribution in [3.8, 4) is 22.5 Å². The van der Waals surface area contributed by atoms with Gasteiger partial charge in [0.05, 0.1) is 18.3 Å². The van der Waals surface area contributed by atoms with E-state index in [2.05, 4.69) is 39.5 Å². The van der Waals surface area contributed by atoms with Crippen LogP contribution in [0.15, 0.2) is 53.6 Å². The van der Waals surface area contributed by atoms with Crippen molar-refractivity contribution in [2.75, 3.05) is 0 Å². The van der Waals surface area contributed by atoms with Gasteiger partial charge in [-0.3, -0.25) is 18.9 Å². The summed E-state index contributed by atoms with van der Waals surface area (Å²) in [7, 11) is 0. The number of aromatic amines is 1. The van der Waals surface area contributed by atoms with Crippen LogP contribution in [0.1, 0.15) is 63.4 Å². The van der Waals surface area contributed by atoms with Crippen molar-refractivity contribution >= 4 is 5.78 Å². The number of aromatic nitrogens is 7. The molecule has 2 unspecified atom stereocenters. The zero-order chi connectivity index (χ0) is 25.1. The van der Waals surface area contributed by atoms with Gasteiger partial charge in [0.15, 0.2) is 5.78 Å². The largest absolute Gasteiger partial charge is 0.329 e. The Morgan fingerprint density at radius 1 is 1.11 bits per heavy atom. The number of carbonyl (C=O) groups is 1. The van der Waals surface area contributed by atoms with Gasteiger partial charge in [-0.15, -0.1) is 10.2 Å². The van der Waals surface area contributed by atoms with Crippen molar-refractivity contribution < 1.29 is 4.79 Å². The molecule has 5 rings (SSSR count). The lowest BCUT2D eigenvalue weighted by Crippen LogP contribution is -2.37. The molecule has 0 spiro atoms. The summed E-state index contributed by atoms with van der Waals surface area (Å²) in [4.78, 5) is 30.9. The minimum atomic E-state index is -0.375. The standard InChI is InChI=1S/C27H31N7O2/c1-3-4-10-23-17-34(25-18(2)7-5-11-24(25)35)27(36)33(23)16-22-15-20(12-13-28-22)19-8-6-9-21(14-19)26-29-31-32-30-26/h6,8-9,12-15,17-18,25H,3-5,7,10-11,16H2,1-2H3,(H,29,30,31,32). The van der Waals surface area contributed by atoms with Crippen LogP contribution in [0, 0.1) is 5.92 Å². The van der Waals surface area contributed by atoms with E-state index in [0.29, 0.717) is 18.8 Å². The molecule has 1 fully saturated rings. The molecule has 3 heterocycles. The Morgan fingerprint density at radius 2 is 1.94 bits per heavy atom. The van der Waals surface area contributed by atoms with Crippen molar-refractivity contribution in [2.24, 2.45) is 5.92 Å². The number of hydrogen-bond donors (Lipinski definition) is 1. The number of nitrogens with one attached hydrogen (secondary N) is 1. The lowest BCUT2D eigenvalue weighted by Gasteiger charge is -2.27. The summed E-state index contributed by atoms with van der Waals surface area (Å²) in [5.74, 6) is 0.856. The molecule has 0 aliphatic heterocycles. The molecule has 0 amide bonds. The van der Waals surface area contributed by atoms with Crippen LogP contribution in [0.5, 0.6) is 0 Å². The van der Waals surface area contributed by atoms with E-state index in [1.54, 1.807) is 15.3 Å². The molecule has 4 aromatic rings. The van der Waals surface area contributed by atoms with E-state index in [1.807, 2.05) is 42.6 Å². The van der Waals surface area contributed by atoms with E-state index >= 15 is 0 Å². The molecule has 186 valence electrons. The maximum Gasteiger partial charge on any atom is 0.329 e. The molecule has 9 heteroatoms. The molecule has 36 heavy (non-hydrogen) atoms. The number of Topliss-reactive ketones (excluding diaryl/α,β-unsaturated/α-hetero) is 1. The number of unbranched alkanes of at least 4 members (excludes halogenated alkanes) is 1. The number of ketones is 1. The van der Waals surface area contributed by atoms with E-state index in [4.69, 9.17) is 0 Å². The molecule has 3 aromatic heterocycles. The molecular weight excluding hydrogens is 454 g/mol. The second kappa shape index (κ2) is 10.4. The SMILES string of the molecule is CCCCc1cn(C2C(=O)CCCC2C)c(=O)n1Cc1cc(-c2cccc(-c3nn[nH]n3)c2)ccn1. The van der Waals surface area contributed by atoms with Crippen LogP contribution in [0.4, 0.5) is 0 Å². The Balaban J connectivity index is 1.48. The van der Waals surface area contributed by atoms with Gasteiger partial charge < -0.3 is 0 Å². The van der Waals surface area contributed by atoms with E-state index in [9.17, 15) is 9.59 Å². The summed E-state index contributed by atoms with van der Waals surface area (Å²) in [5.41, 5.74) is 4.47. The van der Waals surface area contributed by atoms with Crippen LogP contribution < -0.4 is 5.69 Å². The molecule has 0 saturated heterocycles. The summed E-state index contributed by atoms with van der Waals surface area (Å²) in [6, 6.07) is 11.5. The Labute approximate surface area is 209 Å². The van der Waals surface area contributed by atoms with Gasteiger partial charge in [-0.05, 0) is 66.1 Å². The maximum absolute atomic E-state index is 13.6. The fraction of sp³-hybridized carbons (Fsp3) is 0.407. The second-order valence-electron chi connectivity index (χ2n) is 9.63. The van der Waals surface area contributed by atoms with Gasteiger partial charge in [0.25, 0.3) is 0 Å². The molecule has 9 nitrogen and oxygen atoms in total. The number of pyridine rings is 1. The first kappa shape index (κ1) is 23.8. The molecule has 1 aliphatic carbocycles. The van der Waals surface area contributed by atoms with Crippen molar-refractivity contribution in [1.82, 2.24) is 34.7 Å². The van der Waals surface area contributed by atoms with Gasteiger partial charge in [0.2, 0.25) is 5.82 Å². The molecule has 0 bridgehead atoms. The molecule has 1 aromatic carbocycles. The zero-order valence-corrected chi connectivity index (χ0v) is 20.7. The molecule has 1 saturated carbocycles. The van der Waals surface area contributed by atoms with Gasteiger partial charge >= 0.3 is 5.69 Å². The number of tetrazole rings is 1. The average Bonchev–Trinajstić information content (AvgIpc) is 3.53. The monoisotopic (exact) mass is 485 g/mol. The van der Waals surface area contributed by atoms with Gasteiger partial charge in [0, 0.05) is 30.1 Å². The number of aryl methyl sites for hydroxylation is 1. The van der Waals surface area contributed by atoms with Crippen LogP contribution in [-0.4, -0.2) is 40.5 Å². The van der Waals surface area contributed by atoms with Gasteiger partial charge in [-0.25, -0.2) is 4.79 Å². The van der Waals surface area contributed by atoms with E-state index in [-0.39, 0.29) is 23.4 Å². The third-order valence-corrected chi connectivity index (χ3v) is 7.06. The number of nitrogens with zero attached hydrogens (tertiary/aromatic N) is 6.